The molecule has 137 valence electrons. The van der Waals surface area contributed by atoms with Gasteiger partial charge in [0.15, 0.2) is 8.32 Å². The molecule has 2 unspecified atom stereocenters. The molecule has 0 N–H and O–H groups in total. The van der Waals surface area contributed by atoms with E-state index in [-0.39, 0.29) is 16.1 Å². The van der Waals surface area contributed by atoms with Crippen molar-refractivity contribution in [2.24, 2.45) is 0 Å². The lowest BCUT2D eigenvalue weighted by atomic mass is 10.2. The summed E-state index contributed by atoms with van der Waals surface area (Å²) in [6.07, 6.45) is 5.25. The molecule has 24 heavy (non-hydrogen) atoms. The molecule has 0 saturated carbocycles. The summed E-state index contributed by atoms with van der Waals surface area (Å²) in [5, 5.41) is 0. The van der Waals surface area contributed by atoms with E-state index in [2.05, 4.69) is 26.6 Å². The third kappa shape index (κ3) is 11.7. The van der Waals surface area contributed by atoms with Gasteiger partial charge in [0.2, 0.25) is 19.5 Å². The molecule has 11 heteroatoms. The first-order chi connectivity index (χ1) is 11.4. The summed E-state index contributed by atoms with van der Waals surface area (Å²) in [6.45, 7) is 10.9. The average molecular weight is 436 g/mol. The van der Waals surface area contributed by atoms with Crippen LogP contribution in [-0.4, -0.2) is 62.5 Å². The Bertz CT molecular complexity index is 309. The second-order valence-corrected chi connectivity index (χ2v) is 18.0. The molecular formula is C13H31O5Si6. The van der Waals surface area contributed by atoms with E-state index in [0.29, 0.717) is 19.5 Å². The highest BCUT2D eigenvalue weighted by molar-refractivity contribution is 6.78. The van der Waals surface area contributed by atoms with E-state index in [4.69, 9.17) is 20.9 Å². The van der Waals surface area contributed by atoms with Gasteiger partial charge in [0.05, 0.1) is 0 Å². The molecule has 7 radical (unpaired) electrons. The van der Waals surface area contributed by atoms with Gasteiger partial charge in [-0.3, -0.25) is 0 Å². The maximum atomic E-state index is 6.26. The van der Waals surface area contributed by atoms with Gasteiger partial charge < -0.3 is 20.9 Å². The lowest BCUT2D eigenvalue weighted by Crippen LogP contribution is -2.47. The molecule has 5 nitrogen and oxygen atoms in total. The minimum Gasteiger partial charge on any atom is -0.439 e. The Balaban J connectivity index is 2.07. The van der Waals surface area contributed by atoms with E-state index in [1.807, 2.05) is 6.55 Å². The van der Waals surface area contributed by atoms with Crippen LogP contribution in [0.4, 0.5) is 0 Å². The van der Waals surface area contributed by atoms with Gasteiger partial charge in [-0.05, 0) is 51.2 Å². The van der Waals surface area contributed by atoms with E-state index in [1.165, 1.54) is 25.7 Å². The summed E-state index contributed by atoms with van der Waals surface area (Å²) < 4.78 is 29.3. The Hall–Kier alpha value is 1.10. The normalized spacial score (nSPS) is 25.4. The minimum absolute atomic E-state index is 0.227. The van der Waals surface area contributed by atoms with E-state index in [1.54, 1.807) is 0 Å². The molecule has 1 saturated heterocycles. The number of rotatable bonds is 11. The molecule has 2 atom stereocenters. The highest BCUT2D eigenvalue weighted by Gasteiger charge is 2.34. The van der Waals surface area contributed by atoms with Crippen LogP contribution in [0.3, 0.4) is 0 Å². The van der Waals surface area contributed by atoms with Crippen molar-refractivity contribution >= 4 is 56.4 Å². The molecule has 0 spiro atoms. The zero-order valence-electron chi connectivity index (χ0n) is 15.6. The van der Waals surface area contributed by atoms with Gasteiger partial charge in [0.25, 0.3) is 9.28 Å². The average Bonchev–Trinajstić information content (AvgIpc) is 2.46. The highest BCUT2D eigenvalue weighted by atomic mass is 28.4. The monoisotopic (exact) mass is 435 g/mol. The van der Waals surface area contributed by atoms with Crippen LogP contribution in [0.1, 0.15) is 32.6 Å². The zero-order valence-corrected chi connectivity index (χ0v) is 21.8. The zero-order chi connectivity index (χ0) is 17.8. The number of hydrogen-bond donors (Lipinski definition) is 0. The third-order valence-electron chi connectivity index (χ3n) is 3.56. The van der Waals surface area contributed by atoms with E-state index < -0.39 is 26.9 Å². The SMILES string of the molecule is C[Si]O[Si]O[Si]CCCCCC[Si]1OC(C)C[Si](C)(C)O[SiH](C)O1. The standard InChI is InChI=1S/C13H31O5Si6/c1-13-12-24(4,5)18-22(3)17-23(14-13)11-9-7-6-8-10-20-16-21-15-19-2/h13,22H,6-12H2,1-5H3. The van der Waals surface area contributed by atoms with Gasteiger partial charge in [-0.15, -0.1) is 0 Å². The number of hydrogen-bond acceptors (Lipinski definition) is 5. The third-order valence-corrected chi connectivity index (χ3v) is 15.4. The summed E-state index contributed by atoms with van der Waals surface area (Å²) >= 11 is 0. The van der Waals surface area contributed by atoms with Crippen LogP contribution in [0.15, 0.2) is 0 Å². The summed E-state index contributed by atoms with van der Waals surface area (Å²) in [7, 11) is -2.89. The quantitative estimate of drug-likeness (QED) is 0.369. The molecule has 1 rings (SSSR count). The van der Waals surface area contributed by atoms with Crippen LogP contribution in [0.5, 0.6) is 0 Å². The van der Waals surface area contributed by atoms with Gasteiger partial charge in [0.1, 0.15) is 0 Å². The summed E-state index contributed by atoms with van der Waals surface area (Å²) in [6, 6.07) is 3.33. The fourth-order valence-electron chi connectivity index (χ4n) is 2.77. The Morgan fingerprint density at radius 2 is 1.96 bits per heavy atom. The molecule has 1 aliphatic heterocycles. The van der Waals surface area contributed by atoms with E-state index in [0.717, 1.165) is 18.1 Å². The van der Waals surface area contributed by atoms with Crippen molar-refractivity contribution in [3.8, 4) is 0 Å². The Labute approximate surface area is 160 Å². The van der Waals surface area contributed by atoms with Crippen LogP contribution in [0.25, 0.3) is 0 Å². The predicted molar refractivity (Wildman–Crippen MR) is 107 cm³/mol. The summed E-state index contributed by atoms with van der Waals surface area (Å²) in [4.78, 5) is 0. The van der Waals surface area contributed by atoms with Crippen LogP contribution >= 0.6 is 0 Å². The van der Waals surface area contributed by atoms with Gasteiger partial charge in [-0.1, -0.05) is 25.7 Å². The van der Waals surface area contributed by atoms with Gasteiger partial charge >= 0.3 is 19.3 Å². The van der Waals surface area contributed by atoms with Crippen LogP contribution in [-0.2, 0) is 20.9 Å². The maximum Gasteiger partial charge on any atom is 0.409 e. The molecule has 0 amide bonds. The Morgan fingerprint density at radius 3 is 2.71 bits per heavy atom. The van der Waals surface area contributed by atoms with Crippen molar-refractivity contribution in [3.05, 3.63) is 0 Å². The topological polar surface area (TPSA) is 46.2 Å². The molecule has 0 aromatic rings. The van der Waals surface area contributed by atoms with Crippen molar-refractivity contribution in [2.45, 2.75) is 83.0 Å². The summed E-state index contributed by atoms with van der Waals surface area (Å²) in [5.74, 6) is 0. The van der Waals surface area contributed by atoms with Gasteiger partial charge in [0, 0.05) is 6.10 Å². The predicted octanol–water partition coefficient (Wildman–Crippen LogP) is 2.81. The minimum atomic E-state index is -1.59. The smallest absolute Gasteiger partial charge is 0.409 e. The molecule has 1 aliphatic rings. The number of unbranched alkanes of at least 4 members (excludes halogenated alkanes) is 3. The fraction of sp³-hybridized carbons (Fsp3) is 1.00. The first-order valence-electron chi connectivity index (χ1n) is 8.76. The molecule has 0 aliphatic carbocycles. The van der Waals surface area contributed by atoms with Crippen LogP contribution < -0.4 is 0 Å². The lowest BCUT2D eigenvalue weighted by Gasteiger charge is -2.35. The molecule has 1 heterocycles. The van der Waals surface area contributed by atoms with E-state index in [9.17, 15) is 0 Å². The second-order valence-electron chi connectivity index (χ2n) is 6.62. The Morgan fingerprint density at radius 1 is 1.21 bits per heavy atom. The van der Waals surface area contributed by atoms with Crippen molar-refractivity contribution in [1.82, 2.24) is 0 Å². The molecular weight excluding hydrogens is 405 g/mol. The molecule has 0 aromatic heterocycles. The molecule has 0 aromatic carbocycles. The van der Waals surface area contributed by atoms with E-state index >= 15 is 0 Å². The van der Waals surface area contributed by atoms with Gasteiger partial charge in [-0.2, -0.15) is 0 Å². The highest BCUT2D eigenvalue weighted by Crippen LogP contribution is 2.23. The largest absolute Gasteiger partial charge is 0.439 e. The molecule has 1 fully saturated rings. The van der Waals surface area contributed by atoms with Crippen molar-refractivity contribution in [1.29, 1.82) is 0 Å². The second kappa shape index (κ2) is 13.3. The van der Waals surface area contributed by atoms with Crippen LogP contribution in [0, 0.1) is 0 Å². The first-order valence-corrected chi connectivity index (χ1v) is 18.8. The Kier molecular flexibility index (Phi) is 12.8. The van der Waals surface area contributed by atoms with Crippen LogP contribution in [0.2, 0.25) is 44.3 Å². The fourth-order valence-corrected chi connectivity index (χ4v) is 14.3. The van der Waals surface area contributed by atoms with Gasteiger partial charge in [-0.25, -0.2) is 0 Å². The van der Waals surface area contributed by atoms with Crippen molar-refractivity contribution < 1.29 is 20.9 Å². The maximum absolute atomic E-state index is 6.26. The van der Waals surface area contributed by atoms with Crippen molar-refractivity contribution in [2.75, 3.05) is 0 Å². The van der Waals surface area contributed by atoms with Crippen molar-refractivity contribution in [3.63, 3.8) is 0 Å². The lowest BCUT2D eigenvalue weighted by molar-refractivity contribution is 0.181. The summed E-state index contributed by atoms with van der Waals surface area (Å²) in [5.41, 5.74) is 0. The molecule has 0 bridgehead atoms. The first kappa shape index (κ1) is 23.1.